The van der Waals surface area contributed by atoms with Gasteiger partial charge in [-0.05, 0) is 38.5 Å². The number of piperidine rings is 1. The Hall–Kier alpha value is -2.76. The van der Waals surface area contributed by atoms with Gasteiger partial charge in [0.05, 0.1) is 5.39 Å². The van der Waals surface area contributed by atoms with Gasteiger partial charge in [0.2, 0.25) is 0 Å². The van der Waals surface area contributed by atoms with E-state index in [9.17, 15) is 4.79 Å². The summed E-state index contributed by atoms with van der Waals surface area (Å²) in [6, 6.07) is 20.4. The van der Waals surface area contributed by atoms with Gasteiger partial charge in [-0.3, -0.25) is 9.36 Å². The topological polar surface area (TPSA) is 38.1 Å². The molecular weight excluding hydrogens is 378 g/mol. The highest BCUT2D eigenvalue weighted by atomic mass is 32.1. The number of nitrogens with zero attached hydrogens (tertiary/aromatic N) is 3. The maximum absolute atomic E-state index is 13.9. The SMILES string of the molecule is CN1CCC(n2c(-c3ccccc3)nc3scc(-c4ccccc4)c3c2=O)CC1. The number of rotatable bonds is 3. The van der Waals surface area contributed by atoms with Crippen molar-refractivity contribution in [3.05, 3.63) is 76.4 Å². The van der Waals surface area contributed by atoms with E-state index >= 15 is 0 Å². The molecule has 0 atom stereocenters. The Morgan fingerprint density at radius 2 is 1.55 bits per heavy atom. The maximum Gasteiger partial charge on any atom is 0.263 e. The van der Waals surface area contributed by atoms with Crippen LogP contribution in [0.2, 0.25) is 0 Å². The number of fused-ring (bicyclic) bond motifs is 1. The van der Waals surface area contributed by atoms with Crippen LogP contribution in [0.1, 0.15) is 18.9 Å². The van der Waals surface area contributed by atoms with Crippen LogP contribution in [0.3, 0.4) is 0 Å². The van der Waals surface area contributed by atoms with Gasteiger partial charge >= 0.3 is 0 Å². The third-order valence-corrected chi connectivity index (χ3v) is 6.68. The van der Waals surface area contributed by atoms with Gasteiger partial charge < -0.3 is 4.90 Å². The van der Waals surface area contributed by atoms with E-state index in [1.165, 1.54) is 0 Å². The fourth-order valence-electron chi connectivity index (χ4n) is 4.22. The predicted octanol–water partition coefficient (Wildman–Crippen LogP) is 5.06. The molecule has 5 rings (SSSR count). The molecule has 4 nitrogen and oxygen atoms in total. The zero-order chi connectivity index (χ0) is 19.8. The second kappa shape index (κ2) is 7.58. The van der Waals surface area contributed by atoms with Crippen LogP contribution in [-0.4, -0.2) is 34.6 Å². The van der Waals surface area contributed by atoms with E-state index in [1.54, 1.807) is 11.3 Å². The Morgan fingerprint density at radius 3 is 2.21 bits per heavy atom. The number of benzene rings is 2. The largest absolute Gasteiger partial charge is 0.306 e. The van der Waals surface area contributed by atoms with Crippen LogP contribution in [0.5, 0.6) is 0 Å². The van der Waals surface area contributed by atoms with Crippen molar-refractivity contribution in [2.24, 2.45) is 0 Å². The molecule has 5 heteroatoms. The molecule has 1 aliphatic heterocycles. The molecule has 3 heterocycles. The van der Waals surface area contributed by atoms with Crippen molar-refractivity contribution in [1.29, 1.82) is 0 Å². The monoisotopic (exact) mass is 401 g/mol. The lowest BCUT2D eigenvalue weighted by Gasteiger charge is -2.31. The van der Waals surface area contributed by atoms with Crippen molar-refractivity contribution in [3.63, 3.8) is 0 Å². The molecule has 146 valence electrons. The first-order valence-corrected chi connectivity index (χ1v) is 10.9. The summed E-state index contributed by atoms with van der Waals surface area (Å²) in [5.74, 6) is 0.791. The van der Waals surface area contributed by atoms with Crippen LogP contribution in [0, 0.1) is 0 Å². The van der Waals surface area contributed by atoms with Crippen LogP contribution < -0.4 is 5.56 Å². The Balaban J connectivity index is 1.76. The van der Waals surface area contributed by atoms with Gasteiger partial charge in [-0.1, -0.05) is 60.7 Å². The van der Waals surface area contributed by atoms with Gasteiger partial charge in [-0.25, -0.2) is 4.98 Å². The molecule has 2 aromatic heterocycles. The van der Waals surface area contributed by atoms with Crippen LogP contribution >= 0.6 is 11.3 Å². The third kappa shape index (κ3) is 3.30. The first-order valence-electron chi connectivity index (χ1n) is 10.1. The van der Waals surface area contributed by atoms with E-state index in [0.29, 0.717) is 0 Å². The normalized spacial score (nSPS) is 15.8. The molecule has 0 unspecified atom stereocenters. The van der Waals surface area contributed by atoms with E-state index in [2.05, 4.69) is 29.5 Å². The summed E-state index contributed by atoms with van der Waals surface area (Å²) in [6.45, 7) is 2.00. The molecule has 1 aliphatic rings. The molecule has 1 fully saturated rings. The summed E-state index contributed by atoms with van der Waals surface area (Å²) in [7, 11) is 2.14. The number of hydrogen-bond donors (Lipinski definition) is 0. The first kappa shape index (κ1) is 18.3. The number of aromatic nitrogens is 2. The van der Waals surface area contributed by atoms with E-state index < -0.39 is 0 Å². The third-order valence-electron chi connectivity index (χ3n) is 5.81. The lowest BCUT2D eigenvalue weighted by Crippen LogP contribution is -2.36. The minimum absolute atomic E-state index is 0.0866. The molecule has 0 amide bonds. The van der Waals surface area contributed by atoms with Crippen molar-refractivity contribution in [2.45, 2.75) is 18.9 Å². The standard InChI is InChI=1S/C24H23N3OS/c1-26-14-12-19(13-15-26)27-22(18-10-6-3-7-11-18)25-23-21(24(27)28)20(16-29-23)17-8-4-2-5-9-17/h2-11,16,19H,12-15H2,1H3. The summed E-state index contributed by atoms with van der Waals surface area (Å²) >= 11 is 1.55. The molecule has 0 saturated carbocycles. The van der Waals surface area contributed by atoms with E-state index in [-0.39, 0.29) is 11.6 Å². The molecule has 0 spiro atoms. The average molecular weight is 402 g/mol. The molecule has 0 bridgehead atoms. The predicted molar refractivity (Wildman–Crippen MR) is 121 cm³/mol. The van der Waals surface area contributed by atoms with E-state index in [0.717, 1.165) is 58.7 Å². The Bertz CT molecular complexity index is 1190. The average Bonchev–Trinajstić information content (AvgIpc) is 3.20. The fraction of sp³-hybridized carbons (Fsp3) is 0.250. The molecular formula is C24H23N3OS. The van der Waals surface area contributed by atoms with Crippen molar-refractivity contribution < 1.29 is 0 Å². The second-order valence-electron chi connectivity index (χ2n) is 7.71. The minimum atomic E-state index is 0.0866. The number of hydrogen-bond acceptors (Lipinski definition) is 4. The van der Waals surface area contributed by atoms with Gasteiger partial charge in [0, 0.05) is 22.5 Å². The minimum Gasteiger partial charge on any atom is -0.306 e. The lowest BCUT2D eigenvalue weighted by molar-refractivity contribution is 0.219. The van der Waals surface area contributed by atoms with Crippen LogP contribution in [-0.2, 0) is 0 Å². The van der Waals surface area contributed by atoms with Gasteiger partial charge in [-0.2, -0.15) is 0 Å². The second-order valence-corrected chi connectivity index (χ2v) is 8.56. The zero-order valence-corrected chi connectivity index (χ0v) is 17.2. The summed E-state index contributed by atoms with van der Waals surface area (Å²) in [5, 5.41) is 2.82. The van der Waals surface area contributed by atoms with Gasteiger partial charge in [0.25, 0.3) is 5.56 Å². The lowest BCUT2D eigenvalue weighted by atomic mass is 10.0. The fourth-order valence-corrected chi connectivity index (χ4v) is 5.15. The highest BCUT2D eigenvalue weighted by Gasteiger charge is 2.25. The van der Waals surface area contributed by atoms with Crippen molar-refractivity contribution in [3.8, 4) is 22.5 Å². The molecule has 29 heavy (non-hydrogen) atoms. The van der Waals surface area contributed by atoms with E-state index in [4.69, 9.17) is 4.98 Å². The molecule has 1 saturated heterocycles. The molecule has 4 aromatic rings. The maximum atomic E-state index is 13.9. The Labute approximate surface area is 174 Å². The number of thiophene rings is 1. The molecule has 2 aromatic carbocycles. The van der Waals surface area contributed by atoms with Crippen LogP contribution in [0.4, 0.5) is 0 Å². The summed E-state index contributed by atoms with van der Waals surface area (Å²) < 4.78 is 1.98. The van der Waals surface area contributed by atoms with Crippen LogP contribution in [0.15, 0.2) is 70.8 Å². The molecule has 0 N–H and O–H groups in total. The molecule has 0 radical (unpaired) electrons. The summed E-state index contributed by atoms with van der Waals surface area (Å²) in [4.78, 5) is 22.0. The van der Waals surface area contributed by atoms with Gasteiger partial charge in [0.1, 0.15) is 10.7 Å². The summed E-state index contributed by atoms with van der Waals surface area (Å²) in [5.41, 5.74) is 3.15. The van der Waals surface area contributed by atoms with Gasteiger partial charge in [0.15, 0.2) is 0 Å². The number of likely N-dealkylation sites (tertiary alicyclic amines) is 1. The Kier molecular flexibility index (Phi) is 4.78. The smallest absolute Gasteiger partial charge is 0.263 e. The highest BCUT2D eigenvalue weighted by Crippen LogP contribution is 2.34. The summed E-state index contributed by atoms with van der Waals surface area (Å²) in [6.07, 6.45) is 1.93. The van der Waals surface area contributed by atoms with Crippen molar-refractivity contribution in [1.82, 2.24) is 14.5 Å². The van der Waals surface area contributed by atoms with Gasteiger partial charge in [-0.15, -0.1) is 11.3 Å². The van der Waals surface area contributed by atoms with E-state index in [1.807, 2.05) is 53.1 Å². The first-order chi connectivity index (χ1) is 14.2. The van der Waals surface area contributed by atoms with Crippen LogP contribution in [0.25, 0.3) is 32.7 Å². The molecule has 0 aliphatic carbocycles. The zero-order valence-electron chi connectivity index (χ0n) is 16.4. The van der Waals surface area contributed by atoms with Crippen molar-refractivity contribution in [2.75, 3.05) is 20.1 Å². The highest BCUT2D eigenvalue weighted by molar-refractivity contribution is 7.17. The quantitative estimate of drug-likeness (QED) is 0.482. The Morgan fingerprint density at radius 1 is 0.931 bits per heavy atom. The van der Waals surface area contributed by atoms with Crippen molar-refractivity contribution >= 4 is 21.6 Å².